The molecule has 0 unspecified atom stereocenters. The van der Waals surface area contributed by atoms with Crippen molar-refractivity contribution in [2.75, 3.05) is 0 Å². The molecule has 0 aromatic carbocycles. The fourth-order valence-corrected chi connectivity index (χ4v) is 2.94. The summed E-state index contributed by atoms with van der Waals surface area (Å²) in [4.78, 5) is 22.8. The van der Waals surface area contributed by atoms with Crippen LogP contribution in [0.1, 0.15) is 62.3 Å². The van der Waals surface area contributed by atoms with Crippen LogP contribution in [0.4, 0.5) is 0 Å². The Kier molecular flexibility index (Phi) is 5.86. The standard InChI is InChI=1S/C15H30O3/c1-10(2)15(11(3)4,12(5)6)13(16)17-18-14(7,8)9/h10-12H,1-9H3. The molecule has 3 heteroatoms. The summed E-state index contributed by atoms with van der Waals surface area (Å²) in [5.41, 5.74) is -0.989. The number of carbonyl (C=O) groups is 1. The molecule has 0 aliphatic heterocycles. The van der Waals surface area contributed by atoms with Gasteiger partial charge in [0.2, 0.25) is 0 Å². The Labute approximate surface area is 112 Å². The van der Waals surface area contributed by atoms with Gasteiger partial charge < -0.3 is 0 Å². The van der Waals surface area contributed by atoms with Crippen LogP contribution in [-0.4, -0.2) is 11.6 Å². The van der Waals surface area contributed by atoms with Gasteiger partial charge in [-0.1, -0.05) is 41.5 Å². The molecule has 0 N–H and O–H groups in total. The smallest absolute Gasteiger partial charge is 0.297 e. The van der Waals surface area contributed by atoms with Crippen molar-refractivity contribution < 1.29 is 14.6 Å². The summed E-state index contributed by atoms with van der Waals surface area (Å²) >= 11 is 0. The fraction of sp³-hybridized carbons (Fsp3) is 0.933. The lowest BCUT2D eigenvalue weighted by molar-refractivity contribution is -0.331. The molecular weight excluding hydrogens is 228 g/mol. The predicted octanol–water partition coefficient (Wildman–Crippen LogP) is 4.21. The van der Waals surface area contributed by atoms with Crippen LogP contribution in [0, 0.1) is 23.2 Å². The number of carbonyl (C=O) groups excluding carboxylic acids is 1. The van der Waals surface area contributed by atoms with Crippen molar-refractivity contribution in [3.8, 4) is 0 Å². The van der Waals surface area contributed by atoms with Gasteiger partial charge in [0.05, 0.1) is 5.41 Å². The van der Waals surface area contributed by atoms with Gasteiger partial charge in [-0.05, 0) is 38.5 Å². The monoisotopic (exact) mass is 258 g/mol. The molecule has 0 aromatic heterocycles. The largest absolute Gasteiger partial charge is 0.349 e. The lowest BCUT2D eigenvalue weighted by Crippen LogP contribution is -2.47. The Morgan fingerprint density at radius 2 is 1.17 bits per heavy atom. The Morgan fingerprint density at radius 1 is 0.833 bits per heavy atom. The van der Waals surface area contributed by atoms with Gasteiger partial charge >= 0.3 is 5.97 Å². The molecule has 0 saturated heterocycles. The zero-order chi connectivity index (χ0) is 14.7. The van der Waals surface area contributed by atoms with Crippen LogP contribution in [0.3, 0.4) is 0 Å². The molecule has 0 rings (SSSR count). The van der Waals surface area contributed by atoms with E-state index in [4.69, 9.17) is 9.78 Å². The van der Waals surface area contributed by atoms with Crippen LogP contribution in [0.5, 0.6) is 0 Å². The quantitative estimate of drug-likeness (QED) is 0.547. The molecule has 18 heavy (non-hydrogen) atoms. The van der Waals surface area contributed by atoms with Crippen molar-refractivity contribution in [1.29, 1.82) is 0 Å². The maximum atomic E-state index is 12.5. The minimum Gasteiger partial charge on any atom is -0.297 e. The molecule has 0 bridgehead atoms. The minimum absolute atomic E-state index is 0.202. The molecule has 0 spiro atoms. The normalized spacial score (nSPS) is 13.6. The van der Waals surface area contributed by atoms with Crippen LogP contribution < -0.4 is 0 Å². The molecule has 0 heterocycles. The molecule has 0 aliphatic rings. The summed E-state index contributed by atoms with van der Waals surface area (Å²) in [6.07, 6.45) is 0. The van der Waals surface area contributed by atoms with Gasteiger partial charge in [0.25, 0.3) is 0 Å². The highest BCUT2D eigenvalue weighted by atomic mass is 17.2. The molecule has 0 radical (unpaired) electrons. The van der Waals surface area contributed by atoms with Gasteiger partial charge in [-0.25, -0.2) is 4.79 Å². The Hall–Kier alpha value is -0.570. The highest BCUT2D eigenvalue weighted by Crippen LogP contribution is 2.44. The summed E-state index contributed by atoms with van der Waals surface area (Å²) < 4.78 is 0. The molecular formula is C15H30O3. The van der Waals surface area contributed by atoms with Crippen LogP contribution in [0.15, 0.2) is 0 Å². The third kappa shape index (κ3) is 3.71. The lowest BCUT2D eigenvalue weighted by atomic mass is 9.62. The van der Waals surface area contributed by atoms with E-state index in [2.05, 4.69) is 41.5 Å². The first-order valence-corrected chi connectivity index (χ1v) is 6.86. The van der Waals surface area contributed by atoms with Crippen molar-refractivity contribution in [3.63, 3.8) is 0 Å². The molecule has 108 valence electrons. The number of hydrogen-bond acceptors (Lipinski definition) is 3. The third-order valence-corrected chi connectivity index (χ3v) is 3.59. The van der Waals surface area contributed by atoms with E-state index in [1.807, 2.05) is 20.8 Å². The van der Waals surface area contributed by atoms with Gasteiger partial charge in [0.1, 0.15) is 5.60 Å². The van der Waals surface area contributed by atoms with E-state index in [9.17, 15) is 4.79 Å². The first-order chi connectivity index (χ1) is 7.96. The first-order valence-electron chi connectivity index (χ1n) is 6.86. The summed E-state index contributed by atoms with van der Waals surface area (Å²) in [7, 11) is 0. The first kappa shape index (κ1) is 17.4. The topological polar surface area (TPSA) is 35.5 Å². The van der Waals surface area contributed by atoms with Gasteiger partial charge in [-0.2, -0.15) is 4.89 Å². The molecule has 0 saturated carbocycles. The average Bonchev–Trinajstić information content (AvgIpc) is 2.12. The molecule has 0 aliphatic carbocycles. The van der Waals surface area contributed by atoms with Gasteiger partial charge in [-0.3, -0.25) is 4.89 Å². The highest BCUT2D eigenvalue weighted by Gasteiger charge is 2.49. The molecule has 0 amide bonds. The molecule has 0 fully saturated rings. The van der Waals surface area contributed by atoms with Crippen LogP contribution in [0.2, 0.25) is 0 Å². The van der Waals surface area contributed by atoms with Crippen molar-refractivity contribution in [1.82, 2.24) is 0 Å². The second kappa shape index (κ2) is 6.05. The maximum Gasteiger partial charge on any atom is 0.349 e. The summed E-state index contributed by atoms with van der Waals surface area (Å²) in [6.45, 7) is 18.0. The summed E-state index contributed by atoms with van der Waals surface area (Å²) in [5, 5.41) is 0. The van der Waals surface area contributed by atoms with Crippen molar-refractivity contribution in [3.05, 3.63) is 0 Å². The Morgan fingerprint density at radius 3 is 1.39 bits per heavy atom. The van der Waals surface area contributed by atoms with E-state index in [1.165, 1.54) is 0 Å². The maximum absolute atomic E-state index is 12.5. The van der Waals surface area contributed by atoms with E-state index in [1.54, 1.807) is 0 Å². The second-order valence-corrected chi connectivity index (χ2v) is 6.96. The van der Waals surface area contributed by atoms with Crippen LogP contribution >= 0.6 is 0 Å². The van der Waals surface area contributed by atoms with Crippen molar-refractivity contribution >= 4 is 5.97 Å². The second-order valence-electron chi connectivity index (χ2n) is 6.96. The van der Waals surface area contributed by atoms with Crippen LogP contribution in [-0.2, 0) is 14.6 Å². The zero-order valence-corrected chi connectivity index (χ0v) is 13.5. The Balaban J connectivity index is 5.15. The van der Waals surface area contributed by atoms with E-state index in [0.717, 1.165) is 0 Å². The van der Waals surface area contributed by atoms with E-state index < -0.39 is 11.0 Å². The fourth-order valence-electron chi connectivity index (χ4n) is 2.94. The molecule has 3 nitrogen and oxygen atoms in total. The Bertz CT molecular complexity index is 250. The zero-order valence-electron chi connectivity index (χ0n) is 13.5. The lowest BCUT2D eigenvalue weighted by Gasteiger charge is -2.42. The van der Waals surface area contributed by atoms with Crippen LogP contribution in [0.25, 0.3) is 0 Å². The van der Waals surface area contributed by atoms with Gasteiger partial charge in [-0.15, -0.1) is 0 Å². The van der Waals surface area contributed by atoms with E-state index in [0.29, 0.717) is 0 Å². The summed E-state index contributed by atoms with van der Waals surface area (Å²) in [6, 6.07) is 0. The van der Waals surface area contributed by atoms with Gasteiger partial charge in [0, 0.05) is 0 Å². The van der Waals surface area contributed by atoms with Crippen molar-refractivity contribution in [2.24, 2.45) is 23.2 Å². The average molecular weight is 258 g/mol. The number of hydrogen-bond donors (Lipinski definition) is 0. The SMILES string of the molecule is CC(C)C(C(=O)OOC(C)(C)C)(C(C)C)C(C)C. The van der Waals surface area contributed by atoms with E-state index in [-0.39, 0.29) is 23.7 Å². The minimum atomic E-state index is -0.509. The predicted molar refractivity (Wildman–Crippen MR) is 73.9 cm³/mol. The van der Waals surface area contributed by atoms with Crippen molar-refractivity contribution in [2.45, 2.75) is 67.9 Å². The van der Waals surface area contributed by atoms with Gasteiger partial charge in [0.15, 0.2) is 0 Å². The molecule has 0 atom stereocenters. The third-order valence-electron chi connectivity index (χ3n) is 3.59. The molecule has 0 aromatic rings. The number of rotatable bonds is 5. The highest BCUT2D eigenvalue weighted by molar-refractivity contribution is 5.77. The summed E-state index contributed by atoms with van der Waals surface area (Å²) in [5.74, 6) is 0.355. The van der Waals surface area contributed by atoms with E-state index >= 15 is 0 Å².